The highest BCUT2D eigenvalue weighted by Gasteiger charge is 2.21. The SMILES string of the molecule is Cc1nnc2ccc(NC[C@H](CN(C)C)[C@@H](O)c3ccccc3)nn12. The number of aliphatic hydroxyl groups is 1. The maximum atomic E-state index is 10.8. The number of nitrogens with zero attached hydrogens (tertiary/aromatic N) is 5. The van der Waals surface area contributed by atoms with E-state index in [1.807, 2.05) is 63.5 Å². The van der Waals surface area contributed by atoms with E-state index in [0.29, 0.717) is 6.54 Å². The molecule has 25 heavy (non-hydrogen) atoms. The van der Waals surface area contributed by atoms with Gasteiger partial charge in [0.1, 0.15) is 5.82 Å². The highest BCUT2D eigenvalue weighted by atomic mass is 16.3. The summed E-state index contributed by atoms with van der Waals surface area (Å²) in [5.74, 6) is 1.50. The summed E-state index contributed by atoms with van der Waals surface area (Å²) < 4.78 is 1.71. The van der Waals surface area contributed by atoms with Crippen molar-refractivity contribution >= 4 is 11.5 Å². The summed E-state index contributed by atoms with van der Waals surface area (Å²) in [7, 11) is 4.02. The third-order valence-electron chi connectivity index (χ3n) is 4.15. The predicted molar refractivity (Wildman–Crippen MR) is 97.5 cm³/mol. The Morgan fingerprint density at radius 2 is 1.88 bits per heavy atom. The molecule has 3 aromatic rings. The van der Waals surface area contributed by atoms with Gasteiger partial charge in [-0.3, -0.25) is 0 Å². The lowest BCUT2D eigenvalue weighted by molar-refractivity contribution is 0.0969. The van der Waals surface area contributed by atoms with Crippen molar-refractivity contribution in [3.63, 3.8) is 0 Å². The monoisotopic (exact) mass is 340 g/mol. The zero-order valence-corrected chi connectivity index (χ0v) is 14.8. The van der Waals surface area contributed by atoms with E-state index in [2.05, 4.69) is 25.5 Å². The van der Waals surface area contributed by atoms with Gasteiger partial charge < -0.3 is 15.3 Å². The summed E-state index contributed by atoms with van der Waals surface area (Å²) in [6, 6.07) is 13.5. The lowest BCUT2D eigenvalue weighted by Gasteiger charge is -2.26. The zero-order chi connectivity index (χ0) is 17.8. The Balaban J connectivity index is 1.74. The second-order valence-corrected chi connectivity index (χ2v) is 6.49. The summed E-state index contributed by atoms with van der Waals surface area (Å²) >= 11 is 0. The van der Waals surface area contributed by atoms with Gasteiger partial charge >= 0.3 is 0 Å². The molecule has 0 aliphatic heterocycles. The normalized spacial score (nSPS) is 14.0. The fourth-order valence-corrected chi connectivity index (χ4v) is 2.89. The van der Waals surface area contributed by atoms with Gasteiger partial charge in [-0.1, -0.05) is 30.3 Å². The number of nitrogens with one attached hydrogen (secondary N) is 1. The van der Waals surface area contributed by atoms with Crippen molar-refractivity contribution in [2.24, 2.45) is 5.92 Å². The summed E-state index contributed by atoms with van der Waals surface area (Å²) in [5.41, 5.74) is 1.64. The molecule has 2 atom stereocenters. The van der Waals surface area contributed by atoms with Crippen molar-refractivity contribution in [3.05, 3.63) is 53.9 Å². The van der Waals surface area contributed by atoms with Crippen LogP contribution >= 0.6 is 0 Å². The lowest BCUT2D eigenvalue weighted by Crippen LogP contribution is -2.32. The molecular formula is C18H24N6O. The van der Waals surface area contributed by atoms with Crippen LogP contribution in [-0.2, 0) is 0 Å². The van der Waals surface area contributed by atoms with Crippen LogP contribution < -0.4 is 5.32 Å². The van der Waals surface area contributed by atoms with Crippen LogP contribution in [0.4, 0.5) is 5.82 Å². The molecule has 0 radical (unpaired) electrons. The van der Waals surface area contributed by atoms with Gasteiger partial charge in [0.15, 0.2) is 11.5 Å². The molecule has 0 fully saturated rings. The highest BCUT2D eigenvalue weighted by Crippen LogP contribution is 2.23. The number of aliphatic hydroxyl groups excluding tert-OH is 1. The molecule has 1 aromatic carbocycles. The quantitative estimate of drug-likeness (QED) is 0.682. The lowest BCUT2D eigenvalue weighted by atomic mass is 9.95. The van der Waals surface area contributed by atoms with Crippen LogP contribution in [0.1, 0.15) is 17.5 Å². The Morgan fingerprint density at radius 1 is 1.12 bits per heavy atom. The number of fused-ring (bicyclic) bond motifs is 1. The maximum absolute atomic E-state index is 10.8. The van der Waals surface area contributed by atoms with Crippen molar-refractivity contribution in [3.8, 4) is 0 Å². The number of aryl methyl sites for hydroxylation is 1. The molecule has 0 aliphatic carbocycles. The van der Waals surface area contributed by atoms with Gasteiger partial charge in [-0.2, -0.15) is 4.52 Å². The van der Waals surface area contributed by atoms with Gasteiger partial charge in [-0.05, 0) is 38.7 Å². The topological polar surface area (TPSA) is 78.6 Å². The molecule has 7 nitrogen and oxygen atoms in total. The van der Waals surface area contributed by atoms with E-state index >= 15 is 0 Å². The second-order valence-electron chi connectivity index (χ2n) is 6.49. The predicted octanol–water partition coefficient (Wildman–Crippen LogP) is 1.76. The molecule has 132 valence electrons. The van der Waals surface area contributed by atoms with Gasteiger partial charge in [0.25, 0.3) is 0 Å². The molecule has 0 amide bonds. The molecule has 7 heteroatoms. The number of benzene rings is 1. The Morgan fingerprint density at radius 3 is 2.60 bits per heavy atom. The third kappa shape index (κ3) is 4.12. The summed E-state index contributed by atoms with van der Waals surface area (Å²) in [4.78, 5) is 2.08. The average Bonchev–Trinajstić information content (AvgIpc) is 2.99. The maximum Gasteiger partial charge on any atom is 0.178 e. The number of anilines is 1. The van der Waals surface area contributed by atoms with E-state index < -0.39 is 6.10 Å². The Kier molecular flexibility index (Phi) is 5.25. The minimum absolute atomic E-state index is 0.0249. The molecule has 0 spiro atoms. The fraction of sp³-hybridized carbons (Fsp3) is 0.389. The number of rotatable bonds is 7. The Bertz CT molecular complexity index is 817. The molecule has 0 bridgehead atoms. The molecular weight excluding hydrogens is 316 g/mol. The van der Waals surface area contributed by atoms with E-state index in [1.54, 1.807) is 4.52 Å². The molecule has 3 rings (SSSR count). The van der Waals surface area contributed by atoms with Crippen molar-refractivity contribution in [1.29, 1.82) is 0 Å². The second kappa shape index (κ2) is 7.58. The van der Waals surface area contributed by atoms with Crippen molar-refractivity contribution in [1.82, 2.24) is 24.7 Å². The van der Waals surface area contributed by atoms with E-state index in [-0.39, 0.29) is 5.92 Å². The first-order chi connectivity index (χ1) is 12.0. The molecule has 0 saturated heterocycles. The zero-order valence-electron chi connectivity index (χ0n) is 14.8. The van der Waals surface area contributed by atoms with Crippen molar-refractivity contribution < 1.29 is 5.11 Å². The fourth-order valence-electron chi connectivity index (χ4n) is 2.89. The van der Waals surface area contributed by atoms with Gasteiger partial charge in [-0.25, -0.2) is 0 Å². The first-order valence-electron chi connectivity index (χ1n) is 8.35. The summed E-state index contributed by atoms with van der Waals surface area (Å²) in [5, 5.41) is 26.7. The van der Waals surface area contributed by atoms with Crippen molar-refractivity contribution in [2.45, 2.75) is 13.0 Å². The minimum Gasteiger partial charge on any atom is -0.388 e. The van der Waals surface area contributed by atoms with E-state index in [1.165, 1.54) is 0 Å². The Hall–Kier alpha value is -2.51. The van der Waals surface area contributed by atoms with Crippen LogP contribution in [0.15, 0.2) is 42.5 Å². The summed E-state index contributed by atoms with van der Waals surface area (Å²) in [6.07, 6.45) is -0.545. The van der Waals surface area contributed by atoms with Crippen molar-refractivity contribution in [2.75, 3.05) is 32.5 Å². The van der Waals surface area contributed by atoms with Crippen LogP contribution in [-0.4, -0.2) is 57.0 Å². The molecule has 2 N–H and O–H groups in total. The van der Waals surface area contributed by atoms with Crippen LogP contribution in [0.5, 0.6) is 0 Å². The Labute approximate surface area is 147 Å². The van der Waals surface area contributed by atoms with Crippen LogP contribution in [0.3, 0.4) is 0 Å². The van der Waals surface area contributed by atoms with Gasteiger partial charge in [0.05, 0.1) is 6.10 Å². The van der Waals surface area contributed by atoms with Crippen LogP contribution in [0, 0.1) is 12.8 Å². The molecule has 0 unspecified atom stereocenters. The molecule has 2 aromatic heterocycles. The van der Waals surface area contributed by atoms with Crippen LogP contribution in [0.2, 0.25) is 0 Å². The van der Waals surface area contributed by atoms with Gasteiger partial charge in [0.2, 0.25) is 0 Å². The third-order valence-corrected chi connectivity index (χ3v) is 4.15. The first-order valence-corrected chi connectivity index (χ1v) is 8.35. The van der Waals surface area contributed by atoms with Gasteiger partial charge in [0, 0.05) is 19.0 Å². The first kappa shape index (κ1) is 17.3. The van der Waals surface area contributed by atoms with E-state index in [9.17, 15) is 5.11 Å². The smallest absolute Gasteiger partial charge is 0.178 e. The largest absolute Gasteiger partial charge is 0.388 e. The summed E-state index contributed by atoms with van der Waals surface area (Å²) in [6.45, 7) is 3.23. The number of hydrogen-bond donors (Lipinski definition) is 2. The standard InChI is InChI=1S/C18H24N6O/c1-13-20-21-17-10-9-16(22-24(13)17)19-11-15(12-23(2)3)18(25)14-7-5-4-6-8-14/h4-10,15,18,25H,11-12H2,1-3H3,(H,19,22)/t15-,18+/m1/s1. The molecule has 2 heterocycles. The van der Waals surface area contributed by atoms with Gasteiger partial charge in [-0.15, -0.1) is 15.3 Å². The number of aromatic nitrogens is 4. The number of hydrogen-bond acceptors (Lipinski definition) is 6. The molecule has 0 saturated carbocycles. The van der Waals surface area contributed by atoms with E-state index in [0.717, 1.165) is 29.4 Å². The van der Waals surface area contributed by atoms with Crippen LogP contribution in [0.25, 0.3) is 5.65 Å². The highest BCUT2D eigenvalue weighted by molar-refractivity contribution is 5.43. The van der Waals surface area contributed by atoms with E-state index in [4.69, 9.17) is 0 Å². The molecule has 0 aliphatic rings. The average molecular weight is 340 g/mol. The minimum atomic E-state index is -0.545.